The largest absolute Gasteiger partial charge is 0.481 e. The van der Waals surface area contributed by atoms with Crippen molar-refractivity contribution in [1.29, 1.82) is 0 Å². The van der Waals surface area contributed by atoms with Crippen molar-refractivity contribution in [3.8, 4) is 0 Å². The minimum Gasteiger partial charge on any atom is -0.481 e. The highest BCUT2D eigenvalue weighted by molar-refractivity contribution is 5.78. The third-order valence-electron chi connectivity index (χ3n) is 4.70. The van der Waals surface area contributed by atoms with Gasteiger partial charge >= 0.3 is 5.97 Å². The summed E-state index contributed by atoms with van der Waals surface area (Å²) in [5.41, 5.74) is 0.932. The number of nitrogens with zero attached hydrogens (tertiary/aromatic N) is 1. The SMILES string of the molecule is COCC1=CCN(C(=O)CC2(CC(=O)O)CCCC2)CC1. The lowest BCUT2D eigenvalue weighted by Gasteiger charge is -2.32. The van der Waals surface area contributed by atoms with E-state index in [0.717, 1.165) is 38.6 Å². The molecule has 1 N–H and O–H groups in total. The van der Waals surface area contributed by atoms with Crippen LogP contribution in [0.3, 0.4) is 0 Å². The van der Waals surface area contributed by atoms with E-state index in [1.165, 1.54) is 5.57 Å². The van der Waals surface area contributed by atoms with Gasteiger partial charge in [0.25, 0.3) is 0 Å². The first kappa shape index (κ1) is 16.0. The predicted octanol–water partition coefficient (Wildman–Crippen LogP) is 2.22. The fourth-order valence-electron chi connectivity index (χ4n) is 3.55. The Hall–Kier alpha value is -1.36. The zero-order chi connectivity index (χ0) is 15.3. The molecule has 118 valence electrons. The van der Waals surface area contributed by atoms with Gasteiger partial charge in [-0.25, -0.2) is 0 Å². The van der Waals surface area contributed by atoms with E-state index in [9.17, 15) is 9.59 Å². The first-order valence-corrected chi connectivity index (χ1v) is 7.71. The summed E-state index contributed by atoms with van der Waals surface area (Å²) in [6.07, 6.45) is 7.23. The van der Waals surface area contributed by atoms with Gasteiger partial charge in [0.2, 0.25) is 5.91 Å². The number of rotatable bonds is 6. The average Bonchev–Trinajstić information content (AvgIpc) is 2.87. The van der Waals surface area contributed by atoms with E-state index in [0.29, 0.717) is 19.6 Å². The normalized spacial score (nSPS) is 21.2. The first-order valence-electron chi connectivity index (χ1n) is 7.71. The van der Waals surface area contributed by atoms with Gasteiger partial charge in [-0.1, -0.05) is 18.9 Å². The number of aliphatic carboxylic acids is 1. The Labute approximate surface area is 126 Å². The van der Waals surface area contributed by atoms with Gasteiger partial charge in [0.15, 0.2) is 0 Å². The fraction of sp³-hybridized carbons (Fsp3) is 0.750. The molecule has 0 atom stereocenters. The second kappa shape index (κ2) is 7.07. The maximum absolute atomic E-state index is 12.5. The van der Waals surface area contributed by atoms with Gasteiger partial charge in [-0.15, -0.1) is 0 Å². The van der Waals surface area contributed by atoms with Crippen LogP contribution in [0.25, 0.3) is 0 Å². The van der Waals surface area contributed by atoms with Crippen LogP contribution < -0.4 is 0 Å². The van der Waals surface area contributed by atoms with E-state index in [1.54, 1.807) is 7.11 Å². The Bertz CT molecular complexity index is 424. The van der Waals surface area contributed by atoms with Gasteiger partial charge in [-0.3, -0.25) is 9.59 Å². The molecule has 1 aliphatic carbocycles. The standard InChI is InChI=1S/C16H25NO4/c1-21-12-13-4-8-17(9-5-13)14(18)10-16(11-15(19)20)6-2-3-7-16/h4H,2-3,5-12H2,1H3,(H,19,20). The molecule has 2 rings (SSSR count). The van der Waals surface area contributed by atoms with Crippen molar-refractivity contribution in [3.05, 3.63) is 11.6 Å². The second-order valence-electron chi connectivity index (χ2n) is 6.34. The van der Waals surface area contributed by atoms with Crippen molar-refractivity contribution in [2.45, 2.75) is 44.9 Å². The van der Waals surface area contributed by atoms with Crippen LogP contribution in [-0.4, -0.2) is 48.7 Å². The molecule has 2 aliphatic rings. The van der Waals surface area contributed by atoms with Crippen LogP contribution in [-0.2, 0) is 14.3 Å². The number of amides is 1. The zero-order valence-corrected chi connectivity index (χ0v) is 12.8. The minimum absolute atomic E-state index is 0.103. The molecule has 1 aliphatic heterocycles. The topological polar surface area (TPSA) is 66.8 Å². The van der Waals surface area contributed by atoms with Gasteiger partial charge in [0.1, 0.15) is 0 Å². The highest BCUT2D eigenvalue weighted by atomic mass is 16.5. The van der Waals surface area contributed by atoms with Crippen molar-refractivity contribution in [2.75, 3.05) is 26.8 Å². The number of ether oxygens (including phenoxy) is 1. The molecule has 0 aromatic heterocycles. The van der Waals surface area contributed by atoms with Crippen molar-refractivity contribution < 1.29 is 19.4 Å². The number of hydrogen-bond donors (Lipinski definition) is 1. The van der Waals surface area contributed by atoms with Crippen LogP contribution in [0.2, 0.25) is 0 Å². The number of carboxylic acids is 1. The monoisotopic (exact) mass is 295 g/mol. The van der Waals surface area contributed by atoms with Crippen LogP contribution in [0.15, 0.2) is 11.6 Å². The van der Waals surface area contributed by atoms with Crippen LogP contribution in [0.4, 0.5) is 0 Å². The molecular weight excluding hydrogens is 270 g/mol. The summed E-state index contributed by atoms with van der Waals surface area (Å²) >= 11 is 0. The quantitative estimate of drug-likeness (QED) is 0.763. The van der Waals surface area contributed by atoms with Crippen LogP contribution >= 0.6 is 0 Å². The predicted molar refractivity (Wildman–Crippen MR) is 78.9 cm³/mol. The molecule has 1 amide bonds. The Morgan fingerprint density at radius 2 is 2.05 bits per heavy atom. The lowest BCUT2D eigenvalue weighted by atomic mass is 9.79. The molecule has 5 heteroatoms. The van der Waals surface area contributed by atoms with Gasteiger partial charge in [0.05, 0.1) is 13.0 Å². The maximum atomic E-state index is 12.5. The lowest BCUT2D eigenvalue weighted by molar-refractivity contribution is -0.141. The van der Waals surface area contributed by atoms with E-state index in [4.69, 9.17) is 9.84 Å². The Morgan fingerprint density at radius 1 is 1.33 bits per heavy atom. The molecular formula is C16H25NO4. The molecule has 1 heterocycles. The fourth-order valence-corrected chi connectivity index (χ4v) is 3.55. The summed E-state index contributed by atoms with van der Waals surface area (Å²) < 4.78 is 5.11. The highest BCUT2D eigenvalue weighted by Gasteiger charge is 2.39. The molecule has 5 nitrogen and oxygen atoms in total. The number of methoxy groups -OCH3 is 1. The summed E-state index contributed by atoms with van der Waals surface area (Å²) in [4.78, 5) is 25.4. The molecule has 21 heavy (non-hydrogen) atoms. The van der Waals surface area contributed by atoms with E-state index in [2.05, 4.69) is 6.08 Å². The van der Waals surface area contributed by atoms with E-state index in [-0.39, 0.29) is 17.7 Å². The van der Waals surface area contributed by atoms with Crippen molar-refractivity contribution >= 4 is 11.9 Å². The average molecular weight is 295 g/mol. The maximum Gasteiger partial charge on any atom is 0.303 e. The van der Waals surface area contributed by atoms with E-state index < -0.39 is 5.97 Å². The molecule has 1 saturated carbocycles. The Morgan fingerprint density at radius 3 is 2.57 bits per heavy atom. The Balaban J connectivity index is 1.93. The summed E-state index contributed by atoms with van der Waals surface area (Å²) in [6.45, 7) is 1.98. The smallest absolute Gasteiger partial charge is 0.303 e. The van der Waals surface area contributed by atoms with Crippen molar-refractivity contribution in [1.82, 2.24) is 4.90 Å². The minimum atomic E-state index is -0.786. The van der Waals surface area contributed by atoms with E-state index >= 15 is 0 Å². The highest BCUT2D eigenvalue weighted by Crippen LogP contribution is 2.44. The summed E-state index contributed by atoms with van der Waals surface area (Å²) in [6, 6.07) is 0. The van der Waals surface area contributed by atoms with Gasteiger partial charge in [0, 0.05) is 26.6 Å². The lowest BCUT2D eigenvalue weighted by Crippen LogP contribution is -2.38. The van der Waals surface area contributed by atoms with Crippen LogP contribution in [0.5, 0.6) is 0 Å². The summed E-state index contributed by atoms with van der Waals surface area (Å²) in [5, 5.41) is 9.11. The third kappa shape index (κ3) is 4.30. The molecule has 0 aromatic rings. The number of hydrogen-bond acceptors (Lipinski definition) is 3. The van der Waals surface area contributed by atoms with Gasteiger partial charge in [-0.2, -0.15) is 0 Å². The van der Waals surface area contributed by atoms with E-state index in [1.807, 2.05) is 4.90 Å². The van der Waals surface area contributed by atoms with Crippen molar-refractivity contribution in [3.63, 3.8) is 0 Å². The third-order valence-corrected chi connectivity index (χ3v) is 4.70. The van der Waals surface area contributed by atoms with Crippen LogP contribution in [0, 0.1) is 5.41 Å². The molecule has 0 spiro atoms. The molecule has 0 aromatic carbocycles. The van der Waals surface area contributed by atoms with Gasteiger partial charge in [-0.05, 0) is 30.3 Å². The molecule has 0 radical (unpaired) electrons. The summed E-state index contributed by atoms with van der Waals surface area (Å²) in [7, 11) is 1.67. The second-order valence-corrected chi connectivity index (χ2v) is 6.34. The first-order chi connectivity index (χ1) is 10.0. The van der Waals surface area contributed by atoms with Crippen molar-refractivity contribution in [2.24, 2.45) is 5.41 Å². The molecule has 0 saturated heterocycles. The number of carbonyl (C=O) groups excluding carboxylic acids is 1. The van der Waals surface area contributed by atoms with Gasteiger partial charge < -0.3 is 14.7 Å². The summed E-state index contributed by atoms with van der Waals surface area (Å²) in [5.74, 6) is -0.684. The molecule has 0 unspecified atom stereocenters. The Kier molecular flexibility index (Phi) is 5.39. The van der Waals surface area contributed by atoms with Crippen LogP contribution in [0.1, 0.15) is 44.9 Å². The number of carbonyl (C=O) groups is 2. The molecule has 0 bridgehead atoms. The number of carboxylic acid groups (broad SMARTS) is 1. The zero-order valence-electron chi connectivity index (χ0n) is 12.8. The molecule has 1 fully saturated rings.